The lowest BCUT2D eigenvalue weighted by atomic mass is 9.90. The van der Waals surface area contributed by atoms with E-state index in [2.05, 4.69) is 81.0 Å². The summed E-state index contributed by atoms with van der Waals surface area (Å²) in [5.41, 5.74) is 1.66. The van der Waals surface area contributed by atoms with Crippen LogP contribution in [-0.2, 0) is 65.2 Å². The van der Waals surface area contributed by atoms with Crippen molar-refractivity contribution in [3.05, 3.63) is 48.5 Å². The molecular weight excluding hydrogens is 993 g/mol. The van der Waals surface area contributed by atoms with Crippen molar-refractivity contribution in [2.24, 2.45) is 5.92 Å². The summed E-state index contributed by atoms with van der Waals surface area (Å²) in [6.07, 6.45) is -0.344. The third kappa shape index (κ3) is 14.2. The van der Waals surface area contributed by atoms with Crippen LogP contribution >= 0.6 is 0 Å². The molecule has 74 heavy (non-hydrogen) atoms. The van der Waals surface area contributed by atoms with Crippen LogP contribution in [0.2, 0.25) is 22.2 Å². The molecule has 0 saturated carbocycles. The summed E-state index contributed by atoms with van der Waals surface area (Å²) >= 11 is 0. The topological polar surface area (TPSA) is 237 Å². The Morgan fingerprint density at radius 2 is 1.46 bits per heavy atom. The molecule has 0 radical (unpaired) electrons. The van der Waals surface area contributed by atoms with Gasteiger partial charge >= 0.3 is 29.1 Å². The molecule has 412 valence electrons. The second kappa shape index (κ2) is 27.2. The van der Waals surface area contributed by atoms with Crippen LogP contribution in [0.5, 0.6) is 0 Å². The fourth-order valence-electron chi connectivity index (χ4n) is 10.0. The summed E-state index contributed by atoms with van der Waals surface area (Å²) in [5.74, 6) is -1.55. The number of amides is 2. The van der Waals surface area contributed by atoms with Gasteiger partial charge in [-0.05, 0) is 53.6 Å². The fourth-order valence-corrected chi connectivity index (χ4v) is 21.2. The van der Waals surface area contributed by atoms with Crippen LogP contribution in [0, 0.1) is 5.92 Å². The van der Waals surface area contributed by atoms with Crippen molar-refractivity contribution in [2.45, 2.75) is 180 Å². The van der Waals surface area contributed by atoms with Crippen LogP contribution in [-0.4, -0.2) is 150 Å². The van der Waals surface area contributed by atoms with Crippen LogP contribution in [0.4, 0.5) is 5.82 Å². The maximum absolute atomic E-state index is 13.2. The predicted octanol–water partition coefficient (Wildman–Crippen LogP) is 7.25. The molecule has 21 nitrogen and oxygen atoms in total. The first-order valence-corrected chi connectivity index (χ1v) is 30.1. The molecule has 3 saturated heterocycles. The zero-order valence-electron chi connectivity index (χ0n) is 45.2. The Balaban J connectivity index is 1.02. The van der Waals surface area contributed by atoms with Crippen molar-refractivity contribution in [2.75, 3.05) is 51.7 Å². The van der Waals surface area contributed by atoms with Crippen molar-refractivity contribution in [1.82, 2.24) is 24.8 Å². The summed E-state index contributed by atoms with van der Waals surface area (Å²) < 4.78 is 72.3. The first-order chi connectivity index (χ1) is 35.3. The number of ether oxygens (including phenoxy) is 8. The second-order valence-corrected chi connectivity index (χ2v) is 29.2. The summed E-state index contributed by atoms with van der Waals surface area (Å²) in [6, 6.07) is 8.87. The zero-order chi connectivity index (χ0) is 53.7. The normalized spacial score (nSPS) is 25.7. The minimum absolute atomic E-state index is 0.0564. The molecule has 6 rings (SSSR count). The van der Waals surface area contributed by atoms with Gasteiger partial charge in [-0.3, -0.25) is 23.7 Å². The Hall–Kier alpha value is -4.28. The van der Waals surface area contributed by atoms with E-state index in [4.69, 9.17) is 50.9 Å². The Morgan fingerprint density at radius 1 is 0.784 bits per heavy atom. The molecule has 5 unspecified atom stereocenters. The molecular formula is C51H80N6O15Si2. The highest BCUT2D eigenvalue weighted by molar-refractivity contribution is 6.84. The summed E-state index contributed by atoms with van der Waals surface area (Å²) in [6.45, 7) is 25.2. The van der Waals surface area contributed by atoms with Crippen molar-refractivity contribution >= 4 is 57.9 Å². The number of fused-ring (bicyclic) bond motifs is 2. The number of esters is 2. The van der Waals surface area contributed by atoms with Crippen molar-refractivity contribution in [3.63, 3.8) is 0 Å². The van der Waals surface area contributed by atoms with Crippen LogP contribution in [0.25, 0.3) is 11.2 Å². The molecule has 2 N–H and O–H groups in total. The molecule has 23 heteroatoms. The number of rotatable bonds is 25. The minimum Gasteiger partial charge on any atom is -0.458 e. The molecule has 3 aromatic rings. The number of hydrogen-bond donors (Lipinski definition) is 2. The number of imidazole rings is 1. The van der Waals surface area contributed by atoms with Gasteiger partial charge in [-0.2, -0.15) is 0 Å². The van der Waals surface area contributed by atoms with Gasteiger partial charge < -0.3 is 61.5 Å². The van der Waals surface area contributed by atoms with Gasteiger partial charge in [0.15, 0.2) is 35.6 Å². The number of nitrogens with zero attached hydrogens (tertiary/aromatic N) is 4. The van der Waals surface area contributed by atoms with E-state index in [1.54, 1.807) is 35.2 Å². The molecule has 5 heterocycles. The highest BCUT2D eigenvalue weighted by Crippen LogP contribution is 2.49. The summed E-state index contributed by atoms with van der Waals surface area (Å²) in [7, 11) is -5.99. The maximum Gasteiger partial charge on any atom is 0.335 e. The molecule has 3 fully saturated rings. The van der Waals surface area contributed by atoms with Gasteiger partial charge in [0.05, 0.1) is 32.8 Å². The zero-order valence-corrected chi connectivity index (χ0v) is 47.2. The monoisotopic (exact) mass is 1070 g/mol. The minimum atomic E-state index is -3.10. The summed E-state index contributed by atoms with van der Waals surface area (Å²) in [5, 5.41) is 5.78. The first-order valence-electron chi connectivity index (χ1n) is 26.2. The molecule has 3 aliphatic rings. The Labute approximate surface area is 437 Å². The highest BCUT2D eigenvalue weighted by Gasteiger charge is 2.62. The van der Waals surface area contributed by atoms with E-state index in [1.807, 2.05) is 19.9 Å². The number of carbonyl (C=O) groups is 4. The van der Waals surface area contributed by atoms with Gasteiger partial charge in [0.2, 0.25) is 5.91 Å². The van der Waals surface area contributed by atoms with E-state index < -0.39 is 84.1 Å². The lowest BCUT2D eigenvalue weighted by molar-refractivity contribution is -0.283. The fraction of sp³-hybridized carbons (Fsp3) is 0.706. The van der Waals surface area contributed by atoms with Gasteiger partial charge in [-0.25, -0.2) is 15.0 Å². The van der Waals surface area contributed by atoms with E-state index in [0.29, 0.717) is 55.6 Å². The van der Waals surface area contributed by atoms with E-state index >= 15 is 0 Å². The lowest BCUT2D eigenvalue weighted by Gasteiger charge is -2.51. The largest absolute Gasteiger partial charge is 0.458 e. The van der Waals surface area contributed by atoms with Crippen molar-refractivity contribution in [1.29, 1.82) is 0 Å². The Bertz CT molecular complexity index is 2280. The molecule has 0 spiro atoms. The smallest absolute Gasteiger partial charge is 0.335 e. The first kappa shape index (κ1) is 59.0. The molecule has 2 aromatic heterocycles. The number of hydrogen-bond acceptors (Lipinski definition) is 18. The van der Waals surface area contributed by atoms with Crippen LogP contribution in [0.1, 0.15) is 125 Å². The number of aromatic nitrogens is 4. The number of nitrogens with one attached hydrogen (secondary N) is 2. The SMILES string of the molecule is CCC1OC(OCCCCC(=O)NCCOCCOCO[C@@H]2[C@@H]3O[Si](C(C)C)(C(C)C)O[Si](C(C)C)(C(C)C)OC[C@H]3O[C@H]2n2cnc3c(NC(=O)c4ccccc4)ncnc32)C(C)C(OC(C)=O)C1OC(C)=O. The molecule has 0 aliphatic carbocycles. The predicted molar refractivity (Wildman–Crippen MR) is 276 cm³/mol. The number of benzene rings is 1. The van der Waals surface area contributed by atoms with E-state index in [-0.39, 0.29) is 73.0 Å². The molecule has 3 aliphatic heterocycles. The van der Waals surface area contributed by atoms with Crippen molar-refractivity contribution in [3.8, 4) is 0 Å². The lowest BCUT2D eigenvalue weighted by Crippen LogP contribution is -2.66. The van der Waals surface area contributed by atoms with Crippen LogP contribution < -0.4 is 10.6 Å². The van der Waals surface area contributed by atoms with E-state index in [0.717, 1.165) is 0 Å². The Morgan fingerprint density at radius 3 is 2.12 bits per heavy atom. The van der Waals surface area contributed by atoms with Gasteiger partial charge in [-0.1, -0.05) is 87.4 Å². The van der Waals surface area contributed by atoms with E-state index in [9.17, 15) is 19.2 Å². The summed E-state index contributed by atoms with van der Waals surface area (Å²) in [4.78, 5) is 63.2. The second-order valence-electron chi connectivity index (χ2n) is 20.4. The van der Waals surface area contributed by atoms with Crippen LogP contribution in [0.15, 0.2) is 43.0 Å². The average molecular weight is 1070 g/mol. The highest BCUT2D eigenvalue weighted by atomic mass is 28.5. The average Bonchev–Trinajstić information content (AvgIpc) is 3.93. The third-order valence-electron chi connectivity index (χ3n) is 13.8. The number of unbranched alkanes of at least 4 members (excludes halogenated alkanes) is 1. The third-order valence-corrected chi connectivity index (χ3v) is 24.1. The molecule has 0 bridgehead atoms. The van der Waals surface area contributed by atoms with Crippen molar-refractivity contribution < 1.29 is 70.0 Å². The van der Waals surface area contributed by atoms with Gasteiger partial charge in [0.1, 0.15) is 43.6 Å². The number of anilines is 1. The van der Waals surface area contributed by atoms with Crippen LogP contribution in [0.3, 0.4) is 0 Å². The number of carbonyl (C=O) groups excluding carboxylic acids is 4. The van der Waals surface area contributed by atoms with Gasteiger partial charge in [0.25, 0.3) is 5.91 Å². The molecule has 1 aromatic carbocycles. The quantitative estimate of drug-likeness (QED) is 0.0368. The van der Waals surface area contributed by atoms with Gasteiger partial charge in [-0.15, -0.1) is 0 Å². The standard InChI is InChI=1S/C51H80N6O15Si2/c1-13-39-44(68-37(12)59)43(67-36(11)58)35(10)51(70-39)64-23-18-17-21-41(60)52-22-24-62-25-26-63-30-65-46-45-40(27-66-73(31(2)3,32(4)5)72-74(71-45,33(6)7)34(8)9)69-50(46)57-29-55-42-47(53-28-54-48(42)57)56-49(61)38-19-15-14-16-20-38/h14-16,19-20,28-29,31-35,39-40,43-46,50-51H,13,17-18,21-27,30H2,1-12H3,(H,52,60)(H,53,54,56,61)/t35?,39?,40-,43?,44?,45-,46-,50-,51?/m1/s1. The van der Waals surface area contributed by atoms with Gasteiger partial charge in [0, 0.05) is 44.9 Å². The Kier molecular flexibility index (Phi) is 21.6. The molecule has 9 atom stereocenters. The molecule has 2 amide bonds. The van der Waals surface area contributed by atoms with E-state index in [1.165, 1.54) is 20.2 Å². The maximum atomic E-state index is 13.2.